The first-order chi connectivity index (χ1) is 35.6. The average molecular weight is 1010 g/mol. The van der Waals surface area contributed by atoms with Crippen LogP contribution in [0, 0.1) is 0 Å². The van der Waals surface area contributed by atoms with E-state index in [1.54, 1.807) is 0 Å². The molecule has 0 saturated carbocycles. The number of esters is 2. The fourth-order valence-electron chi connectivity index (χ4n) is 10.0. The Balaban J connectivity index is 3.38. The SMILES string of the molecule is CCCCCCC/C=C\C/C=C\C/C=C\CCCCCCCCCCCCCCCCCCCCCCCCCCC(=O)OC(CO)COC(=O)CCCCCCCCCCCCCCCCCCCCC. The van der Waals surface area contributed by atoms with Crippen LogP contribution in [0.5, 0.6) is 0 Å². The van der Waals surface area contributed by atoms with Gasteiger partial charge in [-0.1, -0.05) is 333 Å². The molecular formula is C67H126O5. The number of hydrogen-bond acceptors (Lipinski definition) is 5. The monoisotopic (exact) mass is 1010 g/mol. The highest BCUT2D eigenvalue weighted by atomic mass is 16.6. The van der Waals surface area contributed by atoms with Gasteiger partial charge in [-0.3, -0.25) is 9.59 Å². The van der Waals surface area contributed by atoms with Crippen LogP contribution in [0.2, 0.25) is 0 Å². The minimum absolute atomic E-state index is 0.0582. The van der Waals surface area contributed by atoms with E-state index in [4.69, 9.17) is 9.47 Å². The summed E-state index contributed by atoms with van der Waals surface area (Å²) < 4.78 is 10.7. The fraction of sp³-hybridized carbons (Fsp3) is 0.881. The van der Waals surface area contributed by atoms with E-state index in [1.165, 1.54) is 289 Å². The average Bonchev–Trinajstić information content (AvgIpc) is 3.38. The van der Waals surface area contributed by atoms with Crippen molar-refractivity contribution in [2.75, 3.05) is 13.2 Å². The van der Waals surface area contributed by atoms with Crippen molar-refractivity contribution in [1.29, 1.82) is 0 Å². The van der Waals surface area contributed by atoms with Gasteiger partial charge >= 0.3 is 11.9 Å². The largest absolute Gasteiger partial charge is 0.462 e. The summed E-state index contributed by atoms with van der Waals surface area (Å²) >= 11 is 0. The molecule has 1 unspecified atom stereocenters. The van der Waals surface area contributed by atoms with Crippen molar-refractivity contribution in [1.82, 2.24) is 0 Å². The predicted octanol–water partition coefficient (Wildman–Crippen LogP) is 22.2. The summed E-state index contributed by atoms with van der Waals surface area (Å²) in [5, 5.41) is 9.67. The Labute approximate surface area is 450 Å². The third kappa shape index (κ3) is 60.7. The van der Waals surface area contributed by atoms with Gasteiger partial charge in [0, 0.05) is 12.8 Å². The number of aliphatic hydroxyl groups excluding tert-OH is 1. The lowest BCUT2D eigenvalue weighted by atomic mass is 10.0. The molecule has 0 saturated heterocycles. The van der Waals surface area contributed by atoms with Crippen molar-refractivity contribution < 1.29 is 24.2 Å². The Morgan fingerprint density at radius 2 is 0.556 bits per heavy atom. The molecule has 0 aliphatic heterocycles. The summed E-state index contributed by atoms with van der Waals surface area (Å²) in [6, 6.07) is 0. The first-order valence-corrected chi connectivity index (χ1v) is 32.5. The summed E-state index contributed by atoms with van der Waals surface area (Å²) in [7, 11) is 0. The summed E-state index contributed by atoms with van der Waals surface area (Å²) in [6.45, 7) is 4.18. The number of rotatable bonds is 61. The molecule has 1 N–H and O–H groups in total. The van der Waals surface area contributed by atoms with E-state index >= 15 is 0 Å². The third-order valence-electron chi connectivity index (χ3n) is 14.9. The topological polar surface area (TPSA) is 72.8 Å². The maximum atomic E-state index is 12.3. The van der Waals surface area contributed by atoms with Gasteiger partial charge in [-0.05, 0) is 51.4 Å². The predicted molar refractivity (Wildman–Crippen MR) is 316 cm³/mol. The normalized spacial score (nSPS) is 12.3. The van der Waals surface area contributed by atoms with Gasteiger partial charge in [0.05, 0.1) is 6.61 Å². The Morgan fingerprint density at radius 1 is 0.319 bits per heavy atom. The van der Waals surface area contributed by atoms with Crippen LogP contribution >= 0.6 is 0 Å². The first-order valence-electron chi connectivity index (χ1n) is 32.5. The summed E-state index contributed by atoms with van der Waals surface area (Å²) in [4.78, 5) is 24.6. The highest BCUT2D eigenvalue weighted by molar-refractivity contribution is 5.70. The van der Waals surface area contributed by atoms with Gasteiger partial charge in [0.15, 0.2) is 6.10 Å². The van der Waals surface area contributed by atoms with Crippen LogP contribution in [0.15, 0.2) is 36.5 Å². The maximum Gasteiger partial charge on any atom is 0.306 e. The van der Waals surface area contributed by atoms with Gasteiger partial charge in [-0.25, -0.2) is 0 Å². The smallest absolute Gasteiger partial charge is 0.306 e. The van der Waals surface area contributed by atoms with E-state index in [0.717, 1.165) is 44.9 Å². The number of aliphatic hydroxyl groups is 1. The van der Waals surface area contributed by atoms with Crippen LogP contribution in [0.3, 0.4) is 0 Å². The number of carbonyl (C=O) groups excluding carboxylic acids is 2. The molecule has 0 heterocycles. The van der Waals surface area contributed by atoms with Crippen molar-refractivity contribution in [3.63, 3.8) is 0 Å². The van der Waals surface area contributed by atoms with Gasteiger partial charge in [0.1, 0.15) is 6.61 Å². The number of unbranched alkanes of at least 4 members (excludes halogenated alkanes) is 47. The Kier molecular flexibility index (Phi) is 61.8. The molecule has 0 aliphatic rings. The van der Waals surface area contributed by atoms with Crippen LogP contribution in [0.4, 0.5) is 0 Å². The fourth-order valence-corrected chi connectivity index (χ4v) is 10.0. The van der Waals surface area contributed by atoms with E-state index < -0.39 is 6.10 Å². The van der Waals surface area contributed by atoms with Crippen LogP contribution in [0.1, 0.15) is 361 Å². The molecule has 0 amide bonds. The molecule has 1 atom stereocenters. The Bertz CT molecular complexity index is 1140. The Hall–Kier alpha value is -1.88. The molecule has 0 aromatic heterocycles. The van der Waals surface area contributed by atoms with Crippen LogP contribution in [-0.4, -0.2) is 36.4 Å². The van der Waals surface area contributed by atoms with E-state index in [9.17, 15) is 14.7 Å². The molecule has 0 bridgehead atoms. The molecule has 0 rings (SSSR count). The highest BCUT2D eigenvalue weighted by Crippen LogP contribution is 2.18. The first kappa shape index (κ1) is 70.1. The molecule has 424 valence electrons. The molecule has 0 aromatic rings. The van der Waals surface area contributed by atoms with Crippen molar-refractivity contribution in [2.24, 2.45) is 0 Å². The number of hydrogen-bond donors (Lipinski definition) is 1. The number of carbonyl (C=O) groups is 2. The molecule has 5 heteroatoms. The standard InChI is InChI=1S/C67H126O5/c1-3-5-7-9-11-13-15-17-19-21-23-24-25-26-27-28-29-30-31-32-33-34-35-36-37-38-39-40-41-42-44-46-48-50-52-54-56-58-60-62-67(70)72-65(63-68)64-71-66(69)61-59-57-55-53-51-49-47-45-43-22-20-18-16-14-12-10-8-6-4-2/h15,17,21,23,25-26,65,68H,3-14,16,18-20,22,24,27-64H2,1-2H3/b17-15-,23-21-,26-25-. The summed E-state index contributed by atoms with van der Waals surface area (Å²) in [5.41, 5.74) is 0. The second-order valence-corrected chi connectivity index (χ2v) is 22.2. The molecule has 0 spiro atoms. The second-order valence-electron chi connectivity index (χ2n) is 22.2. The molecule has 0 aliphatic carbocycles. The lowest BCUT2D eigenvalue weighted by Gasteiger charge is -2.15. The quantitative estimate of drug-likeness (QED) is 0.0373. The second kappa shape index (κ2) is 63.4. The summed E-state index contributed by atoms with van der Waals surface area (Å²) in [6.07, 6.45) is 83.1. The van der Waals surface area contributed by atoms with Crippen LogP contribution in [0.25, 0.3) is 0 Å². The van der Waals surface area contributed by atoms with Gasteiger partial charge < -0.3 is 14.6 Å². The summed E-state index contributed by atoms with van der Waals surface area (Å²) in [5.74, 6) is -0.566. The lowest BCUT2D eigenvalue weighted by molar-refractivity contribution is -0.161. The molecule has 5 nitrogen and oxygen atoms in total. The lowest BCUT2D eigenvalue weighted by Crippen LogP contribution is -2.28. The van der Waals surface area contributed by atoms with Crippen LogP contribution < -0.4 is 0 Å². The molecular weight excluding hydrogens is 885 g/mol. The zero-order valence-electron chi connectivity index (χ0n) is 48.7. The number of ether oxygens (including phenoxy) is 2. The number of allylic oxidation sites excluding steroid dienone is 6. The highest BCUT2D eigenvalue weighted by Gasteiger charge is 2.16. The van der Waals surface area contributed by atoms with Crippen molar-refractivity contribution in [3.8, 4) is 0 Å². The van der Waals surface area contributed by atoms with E-state index in [1.807, 2.05) is 0 Å². The molecule has 0 fully saturated rings. The third-order valence-corrected chi connectivity index (χ3v) is 14.9. The van der Waals surface area contributed by atoms with Gasteiger partial charge in [0.2, 0.25) is 0 Å². The van der Waals surface area contributed by atoms with Crippen molar-refractivity contribution >= 4 is 11.9 Å². The molecule has 72 heavy (non-hydrogen) atoms. The minimum Gasteiger partial charge on any atom is -0.462 e. The molecule has 0 radical (unpaired) electrons. The zero-order valence-corrected chi connectivity index (χ0v) is 48.7. The van der Waals surface area contributed by atoms with E-state index in [-0.39, 0.29) is 25.2 Å². The van der Waals surface area contributed by atoms with Crippen molar-refractivity contribution in [3.05, 3.63) is 36.5 Å². The Morgan fingerprint density at radius 3 is 0.833 bits per heavy atom. The molecule has 0 aromatic carbocycles. The van der Waals surface area contributed by atoms with E-state index in [0.29, 0.717) is 12.8 Å². The van der Waals surface area contributed by atoms with Gasteiger partial charge in [-0.15, -0.1) is 0 Å². The van der Waals surface area contributed by atoms with Gasteiger partial charge in [-0.2, -0.15) is 0 Å². The van der Waals surface area contributed by atoms with Crippen LogP contribution in [-0.2, 0) is 19.1 Å². The minimum atomic E-state index is -0.767. The van der Waals surface area contributed by atoms with Gasteiger partial charge in [0.25, 0.3) is 0 Å². The zero-order chi connectivity index (χ0) is 52.0. The van der Waals surface area contributed by atoms with E-state index in [2.05, 4.69) is 50.3 Å². The maximum absolute atomic E-state index is 12.3. The van der Waals surface area contributed by atoms with Crippen molar-refractivity contribution in [2.45, 2.75) is 367 Å².